The molecule has 166 valence electrons. The van der Waals surface area contributed by atoms with E-state index >= 15 is 0 Å². The maximum atomic E-state index is 12.3. The zero-order valence-corrected chi connectivity index (χ0v) is 17.4. The van der Waals surface area contributed by atoms with E-state index < -0.39 is 34.5 Å². The molecule has 1 fully saturated rings. The minimum Gasteiger partial charge on any atom is -0.468 e. The fourth-order valence-corrected chi connectivity index (χ4v) is 4.09. The van der Waals surface area contributed by atoms with Crippen LogP contribution in [0, 0.1) is 0 Å². The standard InChI is InChI=1S/C20H23N3O7S/c24-18(23-20(26)22-15-4-1-2-5-15)13-30-19(25)14-7-9-17(10-8-14)31(27,28)21-12-16-6-3-11-29-16/h3,6-11,15,21H,1-2,4-5,12-13H2,(H2,22,23,24,26). The number of esters is 1. The third-order valence-electron chi connectivity index (χ3n) is 4.69. The van der Waals surface area contributed by atoms with Gasteiger partial charge in [-0.05, 0) is 49.2 Å². The lowest BCUT2D eigenvalue weighted by Gasteiger charge is -2.12. The minimum atomic E-state index is -3.80. The van der Waals surface area contributed by atoms with Crippen LogP contribution in [0.4, 0.5) is 4.79 Å². The van der Waals surface area contributed by atoms with E-state index in [0.29, 0.717) is 5.76 Å². The van der Waals surface area contributed by atoms with Crippen LogP contribution in [0.5, 0.6) is 0 Å². The normalized spacial score (nSPS) is 14.2. The Labute approximate surface area is 179 Å². The lowest BCUT2D eigenvalue weighted by Crippen LogP contribution is -2.44. The number of furan rings is 1. The first-order valence-electron chi connectivity index (χ1n) is 9.73. The first-order chi connectivity index (χ1) is 14.8. The van der Waals surface area contributed by atoms with Crippen molar-refractivity contribution in [2.75, 3.05) is 6.61 Å². The molecule has 0 unspecified atom stereocenters. The van der Waals surface area contributed by atoms with Crippen LogP contribution in [0.25, 0.3) is 0 Å². The van der Waals surface area contributed by atoms with Crippen LogP contribution >= 0.6 is 0 Å². The van der Waals surface area contributed by atoms with Crippen molar-refractivity contribution in [3.63, 3.8) is 0 Å². The molecule has 0 spiro atoms. The third kappa shape index (κ3) is 6.66. The van der Waals surface area contributed by atoms with Crippen LogP contribution in [0.15, 0.2) is 52.0 Å². The van der Waals surface area contributed by atoms with Gasteiger partial charge in [0.05, 0.1) is 23.3 Å². The van der Waals surface area contributed by atoms with Crippen LogP contribution in [-0.4, -0.2) is 39.0 Å². The van der Waals surface area contributed by atoms with Gasteiger partial charge < -0.3 is 14.5 Å². The number of ether oxygens (including phenoxy) is 1. The van der Waals surface area contributed by atoms with E-state index in [2.05, 4.69) is 15.4 Å². The van der Waals surface area contributed by atoms with Crippen molar-refractivity contribution >= 4 is 27.9 Å². The molecular formula is C20H23N3O7S. The molecule has 10 nitrogen and oxygen atoms in total. The van der Waals surface area contributed by atoms with Crippen LogP contribution in [-0.2, 0) is 26.1 Å². The Morgan fingerprint density at radius 1 is 1.06 bits per heavy atom. The molecule has 2 aromatic rings. The molecule has 31 heavy (non-hydrogen) atoms. The smallest absolute Gasteiger partial charge is 0.338 e. The maximum absolute atomic E-state index is 12.3. The number of carbonyl (C=O) groups is 3. The summed E-state index contributed by atoms with van der Waals surface area (Å²) in [5.41, 5.74) is 0.0631. The van der Waals surface area contributed by atoms with Gasteiger partial charge in [0.25, 0.3) is 5.91 Å². The number of imide groups is 1. The van der Waals surface area contributed by atoms with Crippen molar-refractivity contribution in [2.24, 2.45) is 0 Å². The zero-order chi connectivity index (χ0) is 22.3. The Kier molecular flexibility index (Phi) is 7.42. The first kappa shape index (κ1) is 22.5. The predicted octanol–water partition coefficient (Wildman–Crippen LogP) is 1.68. The Balaban J connectivity index is 1.45. The lowest BCUT2D eigenvalue weighted by molar-refractivity contribution is -0.123. The number of hydrogen-bond acceptors (Lipinski definition) is 7. The van der Waals surface area contributed by atoms with Gasteiger partial charge in [-0.2, -0.15) is 0 Å². The molecule has 0 saturated heterocycles. The van der Waals surface area contributed by atoms with Crippen molar-refractivity contribution in [3.8, 4) is 0 Å². The van der Waals surface area contributed by atoms with Crippen molar-refractivity contribution in [3.05, 3.63) is 54.0 Å². The van der Waals surface area contributed by atoms with Crippen LogP contribution in [0.2, 0.25) is 0 Å². The van der Waals surface area contributed by atoms with E-state index in [1.165, 1.54) is 30.5 Å². The molecule has 0 bridgehead atoms. The van der Waals surface area contributed by atoms with Gasteiger partial charge in [-0.15, -0.1) is 0 Å². The van der Waals surface area contributed by atoms with Crippen molar-refractivity contribution < 1.29 is 32.0 Å². The number of sulfonamides is 1. The predicted molar refractivity (Wildman–Crippen MR) is 108 cm³/mol. The van der Waals surface area contributed by atoms with Crippen molar-refractivity contribution in [1.29, 1.82) is 0 Å². The van der Waals surface area contributed by atoms with Gasteiger partial charge in [-0.25, -0.2) is 22.7 Å². The molecule has 3 amide bonds. The topological polar surface area (TPSA) is 144 Å². The van der Waals surface area contributed by atoms with Crippen molar-refractivity contribution in [2.45, 2.75) is 43.2 Å². The summed E-state index contributed by atoms with van der Waals surface area (Å²) in [5, 5.41) is 4.80. The summed E-state index contributed by atoms with van der Waals surface area (Å²) in [5.74, 6) is -1.12. The summed E-state index contributed by atoms with van der Waals surface area (Å²) >= 11 is 0. The second-order valence-corrected chi connectivity index (χ2v) is 8.77. The third-order valence-corrected chi connectivity index (χ3v) is 6.11. The molecule has 3 N–H and O–H groups in total. The van der Waals surface area contributed by atoms with Crippen LogP contribution < -0.4 is 15.4 Å². The number of benzene rings is 1. The van der Waals surface area contributed by atoms with E-state index in [-0.39, 0.29) is 23.0 Å². The second-order valence-electron chi connectivity index (χ2n) is 7.01. The highest BCUT2D eigenvalue weighted by molar-refractivity contribution is 7.89. The molecular weight excluding hydrogens is 426 g/mol. The van der Waals surface area contributed by atoms with E-state index in [1.54, 1.807) is 12.1 Å². The summed E-state index contributed by atoms with van der Waals surface area (Å²) in [6.07, 6.45) is 5.26. The highest BCUT2D eigenvalue weighted by Gasteiger charge is 2.19. The molecule has 0 atom stereocenters. The second kappa shape index (κ2) is 10.2. The number of hydrogen-bond donors (Lipinski definition) is 3. The number of nitrogens with one attached hydrogen (secondary N) is 3. The Bertz CT molecular complexity index is 1010. The maximum Gasteiger partial charge on any atom is 0.338 e. The van der Waals surface area contributed by atoms with Crippen LogP contribution in [0.3, 0.4) is 0 Å². The number of amides is 3. The van der Waals surface area contributed by atoms with Gasteiger partial charge >= 0.3 is 12.0 Å². The Hall–Kier alpha value is -3.18. The van der Waals surface area contributed by atoms with Crippen molar-refractivity contribution in [1.82, 2.24) is 15.4 Å². The quantitative estimate of drug-likeness (QED) is 0.520. The summed E-state index contributed by atoms with van der Waals surface area (Å²) < 4.78 is 36.9. The highest BCUT2D eigenvalue weighted by atomic mass is 32.2. The number of rotatable bonds is 8. The molecule has 1 aromatic heterocycles. The lowest BCUT2D eigenvalue weighted by atomic mass is 10.2. The first-order valence-corrected chi connectivity index (χ1v) is 11.2. The molecule has 11 heteroatoms. The number of carbonyl (C=O) groups excluding carboxylic acids is 3. The summed E-state index contributed by atoms with van der Waals surface area (Å²) in [7, 11) is -3.80. The Morgan fingerprint density at radius 2 is 1.77 bits per heavy atom. The molecule has 3 rings (SSSR count). The monoisotopic (exact) mass is 449 g/mol. The molecule has 1 saturated carbocycles. The minimum absolute atomic E-state index is 0.0113. The van der Waals surface area contributed by atoms with E-state index in [1.807, 2.05) is 0 Å². The summed E-state index contributed by atoms with van der Waals surface area (Å²) in [4.78, 5) is 35.5. The molecule has 0 radical (unpaired) electrons. The summed E-state index contributed by atoms with van der Waals surface area (Å²) in [6.45, 7) is -0.649. The zero-order valence-electron chi connectivity index (χ0n) is 16.6. The van der Waals surface area contributed by atoms with E-state index in [4.69, 9.17) is 9.15 Å². The Morgan fingerprint density at radius 3 is 2.42 bits per heavy atom. The van der Waals surface area contributed by atoms with Crippen LogP contribution in [0.1, 0.15) is 41.8 Å². The average molecular weight is 449 g/mol. The average Bonchev–Trinajstić information content (AvgIpc) is 3.45. The van der Waals surface area contributed by atoms with Gasteiger partial charge in [-0.1, -0.05) is 12.8 Å². The fraction of sp³-hybridized carbons (Fsp3) is 0.350. The summed E-state index contributed by atoms with van der Waals surface area (Å²) in [6, 6.07) is 7.75. The largest absolute Gasteiger partial charge is 0.468 e. The molecule has 1 heterocycles. The molecule has 1 aliphatic rings. The number of urea groups is 1. The SMILES string of the molecule is O=C(COC(=O)c1ccc(S(=O)(=O)NCc2ccco2)cc1)NC(=O)NC1CCCC1. The van der Waals surface area contributed by atoms with Gasteiger partial charge in [0.15, 0.2) is 6.61 Å². The van der Waals surface area contributed by atoms with Gasteiger partial charge in [-0.3, -0.25) is 10.1 Å². The highest BCUT2D eigenvalue weighted by Crippen LogP contribution is 2.17. The fourth-order valence-electron chi connectivity index (χ4n) is 3.10. The van der Waals surface area contributed by atoms with E-state index in [0.717, 1.165) is 25.7 Å². The van der Waals surface area contributed by atoms with Gasteiger partial charge in [0, 0.05) is 6.04 Å². The van der Waals surface area contributed by atoms with Gasteiger partial charge in [0.2, 0.25) is 10.0 Å². The van der Waals surface area contributed by atoms with E-state index in [9.17, 15) is 22.8 Å². The molecule has 1 aromatic carbocycles. The molecule has 1 aliphatic carbocycles. The molecule has 0 aliphatic heterocycles. The van der Waals surface area contributed by atoms with Gasteiger partial charge in [0.1, 0.15) is 5.76 Å².